The molecule has 156 valence electrons. The second kappa shape index (κ2) is 9.35. The van der Waals surface area contributed by atoms with Gasteiger partial charge in [-0.05, 0) is 30.5 Å². The fourth-order valence-electron chi connectivity index (χ4n) is 3.19. The third-order valence-electron chi connectivity index (χ3n) is 4.92. The van der Waals surface area contributed by atoms with Crippen molar-refractivity contribution in [1.82, 2.24) is 14.7 Å². The molecule has 3 aromatic rings. The minimum Gasteiger partial charge on any atom is -0.451 e. The van der Waals surface area contributed by atoms with Gasteiger partial charge in [0.1, 0.15) is 0 Å². The highest BCUT2D eigenvalue weighted by Gasteiger charge is 2.20. The number of likely N-dealkylation sites (N-methyl/N-ethyl adjacent to an activating group) is 1. The van der Waals surface area contributed by atoms with E-state index in [-0.39, 0.29) is 17.2 Å². The number of carbonyl (C=O) groups excluding carboxylic acids is 2. The van der Waals surface area contributed by atoms with E-state index in [1.54, 1.807) is 31.3 Å². The highest BCUT2D eigenvalue weighted by atomic mass is 16.5. The molecule has 7 nitrogen and oxygen atoms in total. The van der Waals surface area contributed by atoms with E-state index in [1.165, 1.54) is 9.58 Å². The van der Waals surface area contributed by atoms with Crippen LogP contribution in [0.5, 0.6) is 0 Å². The van der Waals surface area contributed by atoms with Gasteiger partial charge in [0.15, 0.2) is 12.3 Å². The van der Waals surface area contributed by atoms with Crippen LogP contribution in [0.4, 0.5) is 0 Å². The van der Waals surface area contributed by atoms with Gasteiger partial charge in [0.05, 0.1) is 5.39 Å². The zero-order chi connectivity index (χ0) is 21.7. The minimum absolute atomic E-state index is 0.0352. The Kier molecular flexibility index (Phi) is 6.61. The van der Waals surface area contributed by atoms with Crippen molar-refractivity contribution in [3.63, 3.8) is 0 Å². The van der Waals surface area contributed by atoms with Gasteiger partial charge in [-0.3, -0.25) is 9.59 Å². The summed E-state index contributed by atoms with van der Waals surface area (Å²) in [6.45, 7) is 4.32. The Hall–Kier alpha value is -3.48. The van der Waals surface area contributed by atoms with Gasteiger partial charge in [-0.1, -0.05) is 49.4 Å². The Labute approximate surface area is 174 Å². The lowest BCUT2D eigenvalue weighted by molar-refractivity contribution is -0.133. The van der Waals surface area contributed by atoms with E-state index in [9.17, 15) is 14.4 Å². The van der Waals surface area contributed by atoms with Gasteiger partial charge in [0, 0.05) is 25.5 Å². The molecule has 0 atom stereocenters. The lowest BCUT2D eigenvalue weighted by atomic mass is 10.1. The molecule has 0 radical (unpaired) electrons. The fraction of sp³-hybridized carbons (Fsp3) is 0.304. The third-order valence-corrected chi connectivity index (χ3v) is 4.92. The molecule has 3 rings (SSSR count). The smallest absolute Gasteiger partial charge is 0.359 e. The number of amides is 1. The fourth-order valence-corrected chi connectivity index (χ4v) is 3.19. The van der Waals surface area contributed by atoms with Gasteiger partial charge in [0.25, 0.3) is 11.5 Å². The average molecular weight is 407 g/mol. The predicted molar refractivity (Wildman–Crippen MR) is 114 cm³/mol. The molecule has 0 N–H and O–H groups in total. The molecule has 0 bridgehead atoms. The largest absolute Gasteiger partial charge is 0.451 e. The molecule has 0 fully saturated rings. The minimum atomic E-state index is -0.728. The van der Waals surface area contributed by atoms with E-state index in [0.29, 0.717) is 30.3 Å². The molecule has 7 heteroatoms. The van der Waals surface area contributed by atoms with E-state index >= 15 is 0 Å². The number of ether oxygens (including phenoxy) is 1. The summed E-state index contributed by atoms with van der Waals surface area (Å²) in [6.07, 6.45) is 0.696. The zero-order valence-corrected chi connectivity index (χ0v) is 17.4. The number of benzene rings is 2. The molecular weight excluding hydrogens is 382 g/mol. The topological polar surface area (TPSA) is 81.5 Å². The highest BCUT2D eigenvalue weighted by molar-refractivity contribution is 6.02. The molecule has 0 aliphatic rings. The van der Waals surface area contributed by atoms with Crippen molar-refractivity contribution in [2.24, 2.45) is 0 Å². The van der Waals surface area contributed by atoms with Crippen LogP contribution in [0.3, 0.4) is 0 Å². The van der Waals surface area contributed by atoms with E-state index in [1.807, 2.05) is 38.1 Å². The molecule has 1 aromatic heterocycles. The van der Waals surface area contributed by atoms with Gasteiger partial charge in [-0.25, -0.2) is 9.48 Å². The van der Waals surface area contributed by atoms with Gasteiger partial charge in [0.2, 0.25) is 0 Å². The molecule has 0 saturated heterocycles. The first-order valence-corrected chi connectivity index (χ1v) is 9.87. The van der Waals surface area contributed by atoms with Crippen LogP contribution in [0, 0.1) is 6.92 Å². The number of fused-ring (bicyclic) bond motifs is 1. The van der Waals surface area contributed by atoms with Crippen LogP contribution in [0.1, 0.15) is 35.0 Å². The van der Waals surface area contributed by atoms with Crippen molar-refractivity contribution in [3.05, 3.63) is 75.7 Å². The van der Waals surface area contributed by atoms with Crippen LogP contribution in [0.15, 0.2) is 53.3 Å². The van der Waals surface area contributed by atoms with E-state index in [2.05, 4.69) is 5.10 Å². The van der Waals surface area contributed by atoms with Gasteiger partial charge < -0.3 is 9.64 Å². The van der Waals surface area contributed by atoms with E-state index in [4.69, 9.17) is 4.74 Å². The molecule has 0 aliphatic carbocycles. The summed E-state index contributed by atoms with van der Waals surface area (Å²) in [5.41, 5.74) is 1.90. The first-order valence-electron chi connectivity index (χ1n) is 9.87. The highest BCUT2D eigenvalue weighted by Crippen LogP contribution is 2.15. The maximum atomic E-state index is 12.7. The van der Waals surface area contributed by atoms with Crippen LogP contribution in [0.25, 0.3) is 10.8 Å². The molecule has 1 heterocycles. The second-order valence-corrected chi connectivity index (χ2v) is 7.17. The number of nitrogens with zero attached hydrogens (tertiary/aromatic N) is 3. The number of hydrogen-bond acceptors (Lipinski definition) is 5. The Morgan fingerprint density at radius 3 is 2.43 bits per heavy atom. The summed E-state index contributed by atoms with van der Waals surface area (Å²) >= 11 is 0. The molecule has 2 aromatic carbocycles. The first kappa shape index (κ1) is 21.2. The summed E-state index contributed by atoms with van der Waals surface area (Å²) < 4.78 is 6.52. The number of esters is 1. The quantitative estimate of drug-likeness (QED) is 0.563. The Balaban J connectivity index is 1.75. The van der Waals surface area contributed by atoms with Crippen molar-refractivity contribution in [2.45, 2.75) is 33.4 Å². The van der Waals surface area contributed by atoms with Crippen molar-refractivity contribution >= 4 is 22.6 Å². The number of aryl methyl sites for hydroxylation is 2. The maximum Gasteiger partial charge on any atom is 0.359 e. The lowest BCUT2D eigenvalue weighted by Crippen LogP contribution is -2.32. The first-order chi connectivity index (χ1) is 14.4. The van der Waals surface area contributed by atoms with Crippen molar-refractivity contribution in [2.75, 3.05) is 13.7 Å². The van der Waals surface area contributed by atoms with Crippen molar-refractivity contribution in [1.29, 1.82) is 0 Å². The predicted octanol–water partition coefficient (Wildman–Crippen LogP) is 2.93. The van der Waals surface area contributed by atoms with Crippen LogP contribution in [-0.2, 0) is 22.6 Å². The van der Waals surface area contributed by atoms with Crippen LogP contribution in [-0.4, -0.2) is 40.2 Å². The molecule has 30 heavy (non-hydrogen) atoms. The standard InChI is InChI=1S/C23H25N3O4/c1-4-13-26-22(28)19-12-8-7-11-18(19)21(24-26)23(29)30-15-20(27)25(3)14-17-10-6-5-9-16(17)2/h5-12H,4,13-15H2,1-3H3. The Morgan fingerprint density at radius 1 is 1.07 bits per heavy atom. The van der Waals surface area contributed by atoms with Crippen molar-refractivity contribution < 1.29 is 14.3 Å². The van der Waals surface area contributed by atoms with E-state index in [0.717, 1.165) is 11.1 Å². The van der Waals surface area contributed by atoms with Gasteiger partial charge in [-0.2, -0.15) is 5.10 Å². The molecule has 0 aliphatic heterocycles. The molecule has 1 amide bonds. The normalized spacial score (nSPS) is 10.8. The lowest BCUT2D eigenvalue weighted by Gasteiger charge is -2.18. The summed E-state index contributed by atoms with van der Waals surface area (Å²) in [7, 11) is 1.66. The average Bonchev–Trinajstić information content (AvgIpc) is 2.75. The van der Waals surface area contributed by atoms with Gasteiger partial charge >= 0.3 is 5.97 Å². The molecular formula is C23H25N3O4. The van der Waals surface area contributed by atoms with Crippen LogP contribution < -0.4 is 5.56 Å². The van der Waals surface area contributed by atoms with Crippen molar-refractivity contribution in [3.8, 4) is 0 Å². The van der Waals surface area contributed by atoms with E-state index < -0.39 is 12.6 Å². The number of rotatable bonds is 7. The van der Waals surface area contributed by atoms with Gasteiger partial charge in [-0.15, -0.1) is 0 Å². The maximum absolute atomic E-state index is 12.7. The Morgan fingerprint density at radius 2 is 1.73 bits per heavy atom. The second-order valence-electron chi connectivity index (χ2n) is 7.17. The van der Waals surface area contributed by atoms with Crippen LogP contribution in [0.2, 0.25) is 0 Å². The summed E-state index contributed by atoms with van der Waals surface area (Å²) in [6, 6.07) is 14.6. The third kappa shape index (κ3) is 4.56. The SMILES string of the molecule is CCCn1nc(C(=O)OCC(=O)N(C)Cc2ccccc2C)c2ccccc2c1=O. The summed E-state index contributed by atoms with van der Waals surface area (Å²) in [4.78, 5) is 39.2. The Bertz CT molecular complexity index is 1140. The summed E-state index contributed by atoms with van der Waals surface area (Å²) in [5.74, 6) is -1.05. The molecule has 0 spiro atoms. The number of carbonyl (C=O) groups is 2. The zero-order valence-electron chi connectivity index (χ0n) is 17.4. The summed E-state index contributed by atoms with van der Waals surface area (Å²) in [5, 5.41) is 5.01. The number of hydrogen-bond donors (Lipinski definition) is 0. The number of aromatic nitrogens is 2. The molecule has 0 saturated carbocycles. The van der Waals surface area contributed by atoms with Crippen LogP contribution >= 0.6 is 0 Å². The molecule has 0 unspecified atom stereocenters. The monoisotopic (exact) mass is 407 g/mol.